The van der Waals surface area contributed by atoms with Crippen LogP contribution in [0.5, 0.6) is 0 Å². The quantitative estimate of drug-likeness (QED) is 0.350. The van der Waals surface area contributed by atoms with Gasteiger partial charge in [0.25, 0.3) is 5.56 Å². The van der Waals surface area contributed by atoms with Crippen molar-refractivity contribution < 1.29 is 30.3 Å². The molecule has 0 amide bonds. The summed E-state index contributed by atoms with van der Waals surface area (Å²) >= 11 is 0. The molecular formula is C24H27NO7. The predicted octanol–water partition coefficient (Wildman–Crippen LogP) is 0.688. The van der Waals surface area contributed by atoms with Crippen molar-refractivity contribution in [1.82, 2.24) is 4.98 Å². The van der Waals surface area contributed by atoms with Crippen molar-refractivity contribution in [2.45, 2.75) is 50.5 Å². The number of benzene rings is 2. The molecule has 0 aliphatic carbocycles. The highest BCUT2D eigenvalue weighted by atomic mass is 16.6. The first-order valence-electron chi connectivity index (χ1n) is 10.4. The number of hydrogen-bond acceptors (Lipinski definition) is 7. The van der Waals surface area contributed by atoms with E-state index in [4.69, 9.17) is 4.74 Å². The van der Waals surface area contributed by atoms with Crippen LogP contribution in [0.25, 0.3) is 21.9 Å². The van der Waals surface area contributed by atoms with Crippen molar-refractivity contribution in [2.75, 3.05) is 6.61 Å². The number of aromatic nitrogens is 1. The molecule has 0 spiro atoms. The Kier molecular flexibility index (Phi) is 6.17. The van der Waals surface area contributed by atoms with Gasteiger partial charge in [-0.15, -0.1) is 0 Å². The molecule has 8 nitrogen and oxygen atoms in total. The van der Waals surface area contributed by atoms with E-state index in [-0.39, 0.29) is 5.56 Å². The fraction of sp³-hybridized carbons (Fsp3) is 0.375. The summed E-state index contributed by atoms with van der Waals surface area (Å²) in [6, 6.07) is 11.2. The van der Waals surface area contributed by atoms with Crippen molar-refractivity contribution in [3.8, 4) is 11.1 Å². The number of hydrogen-bond donors (Lipinski definition) is 6. The van der Waals surface area contributed by atoms with Crippen LogP contribution in [0.4, 0.5) is 0 Å². The van der Waals surface area contributed by atoms with E-state index in [1.807, 2.05) is 50.2 Å². The van der Waals surface area contributed by atoms with Crippen LogP contribution in [0.3, 0.4) is 0 Å². The predicted molar refractivity (Wildman–Crippen MR) is 118 cm³/mol. The molecule has 0 unspecified atom stereocenters. The zero-order chi connectivity index (χ0) is 23.2. The lowest BCUT2D eigenvalue weighted by molar-refractivity contribution is -0.250. The summed E-state index contributed by atoms with van der Waals surface area (Å²) < 4.78 is 5.53. The Hall–Kier alpha value is -2.59. The lowest BCUT2D eigenvalue weighted by Crippen LogP contribution is -2.60. The maximum Gasteiger partial charge on any atom is 0.255 e. The van der Waals surface area contributed by atoms with Crippen LogP contribution in [-0.2, 0) is 4.74 Å². The number of rotatable bonds is 4. The SMILES string of the molecule is Cc1cc(-c2ccc3cc[nH]c(=O)c3c2)cc(C)c1[C@H](O)[C@H]1O[C@H](CO)[C@@H](O)[C@H](O)[C@@H]1O. The van der Waals surface area contributed by atoms with Gasteiger partial charge in [-0.05, 0) is 59.2 Å². The fourth-order valence-corrected chi connectivity index (χ4v) is 4.53. The van der Waals surface area contributed by atoms with Gasteiger partial charge in [0.05, 0.1) is 6.61 Å². The molecule has 0 bridgehead atoms. The lowest BCUT2D eigenvalue weighted by atomic mass is 9.85. The van der Waals surface area contributed by atoms with E-state index in [9.17, 15) is 30.3 Å². The fourth-order valence-electron chi connectivity index (χ4n) is 4.53. The van der Waals surface area contributed by atoms with Crippen molar-refractivity contribution in [3.05, 3.63) is 69.6 Å². The highest BCUT2D eigenvalue weighted by Crippen LogP contribution is 2.35. The molecule has 2 heterocycles. The third-order valence-electron chi connectivity index (χ3n) is 6.24. The van der Waals surface area contributed by atoms with Gasteiger partial charge in [0.15, 0.2) is 0 Å². The second-order valence-electron chi connectivity index (χ2n) is 8.37. The molecule has 1 fully saturated rings. The molecule has 1 aliphatic heterocycles. The van der Waals surface area contributed by atoms with E-state index in [2.05, 4.69) is 4.98 Å². The molecule has 1 aromatic heterocycles. The summed E-state index contributed by atoms with van der Waals surface area (Å²) in [7, 11) is 0. The first-order chi connectivity index (χ1) is 15.2. The Morgan fingerprint density at radius 1 is 0.969 bits per heavy atom. The van der Waals surface area contributed by atoms with E-state index in [0.717, 1.165) is 27.6 Å². The minimum atomic E-state index is -1.56. The molecule has 8 heteroatoms. The largest absolute Gasteiger partial charge is 0.394 e. The minimum Gasteiger partial charge on any atom is -0.394 e. The van der Waals surface area contributed by atoms with Gasteiger partial charge in [-0.3, -0.25) is 4.79 Å². The van der Waals surface area contributed by atoms with Gasteiger partial charge in [-0.1, -0.05) is 24.3 Å². The van der Waals surface area contributed by atoms with Gasteiger partial charge < -0.3 is 35.3 Å². The number of aliphatic hydroxyl groups is 5. The number of nitrogens with one attached hydrogen (secondary N) is 1. The lowest BCUT2D eigenvalue weighted by Gasteiger charge is -2.42. The van der Waals surface area contributed by atoms with Crippen LogP contribution >= 0.6 is 0 Å². The zero-order valence-corrected chi connectivity index (χ0v) is 17.8. The molecule has 3 aromatic rings. The normalized spacial score (nSPS) is 26.9. The molecule has 6 atom stereocenters. The molecule has 0 saturated carbocycles. The van der Waals surface area contributed by atoms with Crippen LogP contribution in [0, 0.1) is 13.8 Å². The molecule has 32 heavy (non-hydrogen) atoms. The Morgan fingerprint density at radius 2 is 1.66 bits per heavy atom. The average Bonchev–Trinajstić information content (AvgIpc) is 2.77. The summed E-state index contributed by atoms with van der Waals surface area (Å²) in [6.07, 6.45) is -6.59. The molecule has 6 N–H and O–H groups in total. The van der Waals surface area contributed by atoms with Crippen LogP contribution in [0.15, 0.2) is 47.4 Å². The molecular weight excluding hydrogens is 414 g/mol. The van der Waals surface area contributed by atoms with E-state index < -0.39 is 43.2 Å². The maximum atomic E-state index is 12.2. The van der Waals surface area contributed by atoms with Gasteiger partial charge >= 0.3 is 0 Å². The van der Waals surface area contributed by atoms with Crippen LogP contribution in [0.2, 0.25) is 0 Å². The highest BCUT2D eigenvalue weighted by molar-refractivity contribution is 5.86. The standard InChI is InChI=1S/C24H27NO7/c1-11-7-15(14-4-3-13-5-6-25-24(31)16(13)9-14)8-12(2)18(11)20(28)23-22(30)21(29)19(27)17(10-26)32-23/h3-9,17,19-23,26-30H,10H2,1-2H3,(H,25,31)/t17-,19-,20+,21+,22+,23-/m1/s1. The Morgan fingerprint density at radius 3 is 2.31 bits per heavy atom. The second kappa shape index (κ2) is 8.74. The number of fused-ring (bicyclic) bond motifs is 1. The summed E-state index contributed by atoms with van der Waals surface area (Å²) in [5.41, 5.74) is 3.51. The van der Waals surface area contributed by atoms with Gasteiger partial charge in [-0.25, -0.2) is 0 Å². The third kappa shape index (κ3) is 3.86. The van der Waals surface area contributed by atoms with E-state index in [1.165, 1.54) is 0 Å². The number of aliphatic hydroxyl groups excluding tert-OH is 5. The summed E-state index contributed by atoms with van der Waals surface area (Å²) in [4.78, 5) is 14.8. The Balaban J connectivity index is 1.70. The summed E-state index contributed by atoms with van der Waals surface area (Å²) in [6.45, 7) is 3.06. The average molecular weight is 441 g/mol. The van der Waals surface area contributed by atoms with E-state index >= 15 is 0 Å². The van der Waals surface area contributed by atoms with Crippen LogP contribution in [0.1, 0.15) is 22.8 Å². The van der Waals surface area contributed by atoms with Crippen molar-refractivity contribution in [1.29, 1.82) is 0 Å². The summed E-state index contributed by atoms with van der Waals surface area (Å²) in [5.74, 6) is 0. The first-order valence-corrected chi connectivity index (χ1v) is 10.4. The minimum absolute atomic E-state index is 0.174. The second-order valence-corrected chi connectivity index (χ2v) is 8.37. The monoisotopic (exact) mass is 441 g/mol. The van der Waals surface area contributed by atoms with E-state index in [0.29, 0.717) is 10.9 Å². The molecule has 4 rings (SSSR count). The van der Waals surface area contributed by atoms with Gasteiger partial charge in [-0.2, -0.15) is 0 Å². The van der Waals surface area contributed by atoms with Gasteiger partial charge in [0.1, 0.15) is 36.6 Å². The molecule has 1 aliphatic rings. The number of ether oxygens (including phenoxy) is 1. The van der Waals surface area contributed by atoms with Crippen LogP contribution in [-0.4, -0.2) is 67.6 Å². The molecule has 1 saturated heterocycles. The Labute approximate surface area is 184 Å². The smallest absolute Gasteiger partial charge is 0.255 e. The van der Waals surface area contributed by atoms with Gasteiger partial charge in [0.2, 0.25) is 0 Å². The zero-order valence-electron chi connectivity index (χ0n) is 17.8. The molecule has 0 radical (unpaired) electrons. The van der Waals surface area contributed by atoms with Gasteiger partial charge in [0, 0.05) is 11.6 Å². The first kappa shape index (κ1) is 22.6. The summed E-state index contributed by atoms with van der Waals surface area (Å²) in [5, 5.41) is 52.3. The van der Waals surface area contributed by atoms with Crippen molar-refractivity contribution in [2.24, 2.45) is 0 Å². The highest BCUT2D eigenvalue weighted by Gasteiger charge is 2.46. The Bertz CT molecular complexity index is 1170. The number of H-pyrrole nitrogens is 1. The number of aromatic amines is 1. The molecule has 2 aromatic carbocycles. The molecule has 170 valence electrons. The van der Waals surface area contributed by atoms with Crippen molar-refractivity contribution >= 4 is 10.8 Å². The van der Waals surface area contributed by atoms with Crippen LogP contribution < -0.4 is 5.56 Å². The number of aryl methyl sites for hydroxylation is 2. The van der Waals surface area contributed by atoms with Crippen molar-refractivity contribution in [3.63, 3.8) is 0 Å². The number of pyridine rings is 1. The third-order valence-corrected chi connectivity index (χ3v) is 6.24. The van der Waals surface area contributed by atoms with E-state index in [1.54, 1.807) is 6.20 Å². The topological polar surface area (TPSA) is 143 Å². The maximum absolute atomic E-state index is 12.2.